The molecule has 2 atom stereocenters. The SMILES string of the molecule is COc1ccc([C@H]2CC(=O)C3=C(C2)Nc2ccccc2N[C@H]3c2coc3ccc(Cl)cc3c2=O)cc1. The van der Waals surface area contributed by atoms with Crippen molar-refractivity contribution in [2.45, 2.75) is 24.8 Å². The van der Waals surface area contributed by atoms with Gasteiger partial charge in [0.2, 0.25) is 0 Å². The van der Waals surface area contributed by atoms with E-state index in [-0.39, 0.29) is 17.1 Å². The molecule has 0 spiro atoms. The maximum atomic E-state index is 13.7. The zero-order valence-corrected chi connectivity index (χ0v) is 20.3. The van der Waals surface area contributed by atoms with Crippen LogP contribution < -0.4 is 20.8 Å². The van der Waals surface area contributed by atoms with Crippen molar-refractivity contribution in [1.82, 2.24) is 0 Å². The summed E-state index contributed by atoms with van der Waals surface area (Å²) in [6, 6.07) is 19.9. The molecule has 0 bridgehead atoms. The third-order valence-electron chi connectivity index (χ3n) is 6.97. The molecule has 3 aromatic carbocycles. The van der Waals surface area contributed by atoms with E-state index >= 15 is 0 Å². The minimum atomic E-state index is -0.667. The van der Waals surface area contributed by atoms with Crippen LogP contribution in [0.4, 0.5) is 11.4 Å². The predicted octanol–water partition coefficient (Wildman–Crippen LogP) is 6.43. The highest BCUT2D eigenvalue weighted by molar-refractivity contribution is 6.31. The fourth-order valence-corrected chi connectivity index (χ4v) is 5.33. The molecule has 4 aromatic rings. The Labute approximate surface area is 212 Å². The zero-order chi connectivity index (χ0) is 24.8. The smallest absolute Gasteiger partial charge is 0.198 e. The number of halogens is 1. The maximum Gasteiger partial charge on any atom is 0.198 e. The van der Waals surface area contributed by atoms with Gasteiger partial charge in [-0.3, -0.25) is 9.59 Å². The van der Waals surface area contributed by atoms with Gasteiger partial charge >= 0.3 is 0 Å². The number of para-hydroxylation sites is 2. The number of hydrogen-bond acceptors (Lipinski definition) is 6. The quantitative estimate of drug-likeness (QED) is 0.338. The average molecular weight is 499 g/mol. The summed E-state index contributed by atoms with van der Waals surface area (Å²) in [5, 5.41) is 7.77. The van der Waals surface area contributed by atoms with Crippen molar-refractivity contribution in [2.24, 2.45) is 0 Å². The van der Waals surface area contributed by atoms with Crippen LogP contribution in [0.15, 0.2) is 93.5 Å². The van der Waals surface area contributed by atoms with Crippen molar-refractivity contribution in [3.05, 3.63) is 111 Å². The first-order chi connectivity index (χ1) is 17.5. The predicted molar refractivity (Wildman–Crippen MR) is 141 cm³/mol. The first-order valence-electron chi connectivity index (χ1n) is 11.8. The van der Waals surface area contributed by atoms with Gasteiger partial charge in [-0.1, -0.05) is 35.9 Å². The van der Waals surface area contributed by atoms with Crippen LogP contribution >= 0.6 is 11.6 Å². The molecule has 0 amide bonds. The van der Waals surface area contributed by atoms with Gasteiger partial charge in [-0.25, -0.2) is 0 Å². The largest absolute Gasteiger partial charge is 0.497 e. The lowest BCUT2D eigenvalue weighted by Gasteiger charge is -2.29. The number of carbonyl (C=O) groups is 1. The van der Waals surface area contributed by atoms with Crippen LogP contribution in [0.25, 0.3) is 11.0 Å². The Kier molecular flexibility index (Phi) is 5.53. The lowest BCUT2D eigenvalue weighted by Crippen LogP contribution is -2.29. The minimum Gasteiger partial charge on any atom is -0.497 e. The average Bonchev–Trinajstić information content (AvgIpc) is 3.06. The molecule has 7 heteroatoms. The number of benzene rings is 3. The highest BCUT2D eigenvalue weighted by Gasteiger charge is 2.37. The Bertz CT molecular complexity index is 1590. The molecule has 0 saturated carbocycles. The van der Waals surface area contributed by atoms with E-state index in [1.165, 1.54) is 6.26 Å². The van der Waals surface area contributed by atoms with Gasteiger partial charge < -0.3 is 19.8 Å². The van der Waals surface area contributed by atoms with E-state index in [4.69, 9.17) is 20.8 Å². The van der Waals surface area contributed by atoms with Crippen LogP contribution in [0.1, 0.15) is 35.9 Å². The molecule has 2 aliphatic rings. The van der Waals surface area contributed by atoms with Crippen LogP contribution in [0.2, 0.25) is 5.02 Å². The number of fused-ring (bicyclic) bond motifs is 2. The van der Waals surface area contributed by atoms with E-state index in [1.807, 2.05) is 48.5 Å². The van der Waals surface area contributed by atoms with Gasteiger partial charge in [0.1, 0.15) is 17.6 Å². The molecule has 2 N–H and O–H groups in total. The lowest BCUT2D eigenvalue weighted by atomic mass is 9.78. The molecule has 1 aromatic heterocycles. The van der Waals surface area contributed by atoms with Crippen LogP contribution in [0, 0.1) is 0 Å². The van der Waals surface area contributed by atoms with Gasteiger partial charge in [0.25, 0.3) is 0 Å². The topological polar surface area (TPSA) is 80.6 Å². The third-order valence-corrected chi connectivity index (χ3v) is 7.20. The number of allylic oxidation sites excluding steroid dienone is 1. The van der Waals surface area contributed by atoms with Crippen molar-refractivity contribution >= 4 is 39.7 Å². The molecule has 6 rings (SSSR count). The van der Waals surface area contributed by atoms with Crippen LogP contribution in [0.5, 0.6) is 5.75 Å². The first kappa shape index (κ1) is 22.4. The van der Waals surface area contributed by atoms with E-state index in [1.54, 1.807) is 25.3 Å². The molecule has 180 valence electrons. The Morgan fingerprint density at radius 1 is 0.972 bits per heavy atom. The Hall–Kier alpha value is -4.03. The highest BCUT2D eigenvalue weighted by atomic mass is 35.5. The zero-order valence-electron chi connectivity index (χ0n) is 19.5. The van der Waals surface area contributed by atoms with Crippen molar-refractivity contribution in [3.63, 3.8) is 0 Å². The minimum absolute atomic E-state index is 0.00684. The standard InChI is InChI=1S/C29H23ClN2O4/c1-35-19-9-6-16(7-10-19)17-12-24-27(25(33)13-17)28(32-23-5-3-2-4-22(23)31-24)21-15-36-26-11-8-18(30)14-20(26)29(21)34/h2-11,14-15,17,28,31-32H,12-13H2,1H3/t17-,28+/m1/s1. The number of Topliss-reactive ketones (excluding diaryl/α,β-unsaturated/α-hetero) is 1. The van der Waals surface area contributed by atoms with Crippen molar-refractivity contribution in [3.8, 4) is 5.75 Å². The van der Waals surface area contributed by atoms with E-state index in [2.05, 4.69) is 10.6 Å². The van der Waals surface area contributed by atoms with E-state index in [0.717, 1.165) is 28.4 Å². The second-order valence-electron chi connectivity index (χ2n) is 9.10. The number of hydrogen-bond donors (Lipinski definition) is 2. The molecule has 0 saturated heterocycles. The lowest BCUT2D eigenvalue weighted by molar-refractivity contribution is -0.116. The maximum absolute atomic E-state index is 13.7. The summed E-state index contributed by atoms with van der Waals surface area (Å²) >= 11 is 6.17. The Morgan fingerprint density at radius 2 is 1.75 bits per heavy atom. The monoisotopic (exact) mass is 498 g/mol. The summed E-state index contributed by atoms with van der Waals surface area (Å²) in [7, 11) is 1.63. The van der Waals surface area contributed by atoms with Gasteiger partial charge in [0.15, 0.2) is 11.2 Å². The summed E-state index contributed by atoms with van der Waals surface area (Å²) < 4.78 is 11.1. The van der Waals surface area contributed by atoms with Crippen LogP contribution in [0.3, 0.4) is 0 Å². The molecule has 6 nitrogen and oxygen atoms in total. The molecule has 1 aliphatic carbocycles. The summed E-state index contributed by atoms with van der Waals surface area (Å²) in [6.45, 7) is 0. The number of methoxy groups -OCH3 is 1. The van der Waals surface area contributed by atoms with E-state index in [9.17, 15) is 9.59 Å². The van der Waals surface area contributed by atoms with Gasteiger partial charge in [-0.2, -0.15) is 0 Å². The van der Waals surface area contributed by atoms with Gasteiger partial charge in [-0.05, 0) is 60.4 Å². The summed E-state index contributed by atoms with van der Waals surface area (Å²) in [5.41, 5.74) is 4.69. The normalized spacial score (nSPS) is 19.1. The number of anilines is 2. The number of ether oxygens (including phenoxy) is 1. The summed E-state index contributed by atoms with van der Waals surface area (Å²) in [4.78, 5) is 27.3. The fourth-order valence-electron chi connectivity index (χ4n) is 5.15. The highest BCUT2D eigenvalue weighted by Crippen LogP contribution is 2.44. The van der Waals surface area contributed by atoms with Crippen molar-refractivity contribution < 1.29 is 13.9 Å². The second kappa shape index (κ2) is 8.88. The first-order valence-corrected chi connectivity index (χ1v) is 12.1. The van der Waals surface area contributed by atoms with Crippen molar-refractivity contribution in [2.75, 3.05) is 17.7 Å². The molecular formula is C29H23ClN2O4. The van der Waals surface area contributed by atoms with Crippen LogP contribution in [-0.4, -0.2) is 12.9 Å². The Morgan fingerprint density at radius 3 is 2.53 bits per heavy atom. The van der Waals surface area contributed by atoms with Crippen molar-refractivity contribution in [1.29, 1.82) is 0 Å². The molecule has 0 unspecified atom stereocenters. The molecule has 36 heavy (non-hydrogen) atoms. The van der Waals surface area contributed by atoms with E-state index in [0.29, 0.717) is 40.0 Å². The molecule has 1 aliphatic heterocycles. The number of ketones is 1. The van der Waals surface area contributed by atoms with Gasteiger partial charge in [0.05, 0.1) is 35.5 Å². The Balaban J connectivity index is 1.49. The van der Waals surface area contributed by atoms with Gasteiger partial charge in [0, 0.05) is 22.7 Å². The number of carbonyl (C=O) groups excluding carboxylic acids is 1. The molecular weight excluding hydrogens is 476 g/mol. The number of nitrogens with one attached hydrogen (secondary N) is 2. The summed E-state index contributed by atoms with van der Waals surface area (Å²) in [5.74, 6) is 0.766. The van der Waals surface area contributed by atoms with Crippen LogP contribution in [-0.2, 0) is 4.79 Å². The summed E-state index contributed by atoms with van der Waals surface area (Å²) in [6.07, 6.45) is 2.43. The molecule has 0 radical (unpaired) electrons. The molecule has 2 heterocycles. The van der Waals surface area contributed by atoms with Gasteiger partial charge in [-0.15, -0.1) is 0 Å². The second-order valence-corrected chi connectivity index (χ2v) is 9.54. The van der Waals surface area contributed by atoms with E-state index < -0.39 is 6.04 Å². The fraction of sp³-hybridized carbons (Fsp3) is 0.172. The third kappa shape index (κ3) is 3.84. The number of rotatable bonds is 3. The molecule has 0 fully saturated rings.